The number of phenols is 1. The first-order valence-electron chi connectivity index (χ1n) is 11.7. The van der Waals surface area contributed by atoms with E-state index in [1.807, 2.05) is 24.3 Å². The molecule has 2 aliphatic carbocycles. The molecule has 182 valence electrons. The zero-order valence-electron chi connectivity index (χ0n) is 19.1. The molecule has 0 heterocycles. The van der Waals surface area contributed by atoms with Crippen molar-refractivity contribution in [2.45, 2.75) is 44.4 Å². The number of esters is 1. The maximum absolute atomic E-state index is 13.8. The van der Waals surface area contributed by atoms with Crippen LogP contribution in [0.5, 0.6) is 11.5 Å². The minimum Gasteiger partial charge on any atom is -0.508 e. The molecule has 3 unspecified atom stereocenters. The van der Waals surface area contributed by atoms with Crippen LogP contribution in [0.4, 0.5) is 13.2 Å². The molecule has 0 radical (unpaired) electrons. The fourth-order valence-electron chi connectivity index (χ4n) is 5.01. The van der Waals surface area contributed by atoms with Gasteiger partial charge in [0.1, 0.15) is 17.6 Å². The number of fused-ring (bicyclic) bond motifs is 1. The molecule has 1 fully saturated rings. The number of alkyl halides is 3. The van der Waals surface area contributed by atoms with Crippen molar-refractivity contribution in [3.8, 4) is 22.6 Å². The number of benzene rings is 3. The van der Waals surface area contributed by atoms with Crippen LogP contribution in [0.1, 0.15) is 54.0 Å². The van der Waals surface area contributed by atoms with E-state index in [9.17, 15) is 23.1 Å². The molecule has 0 saturated heterocycles. The molecule has 0 amide bonds. The van der Waals surface area contributed by atoms with Gasteiger partial charge in [0, 0.05) is 0 Å². The highest BCUT2D eigenvalue weighted by molar-refractivity contribution is 5.77. The molecule has 5 rings (SSSR count). The maximum atomic E-state index is 13.8. The van der Waals surface area contributed by atoms with E-state index in [1.54, 1.807) is 6.92 Å². The van der Waals surface area contributed by atoms with E-state index in [2.05, 4.69) is 0 Å². The number of halogens is 3. The molecular formula is C28H25F3O4. The second-order valence-electron chi connectivity index (χ2n) is 9.02. The van der Waals surface area contributed by atoms with Gasteiger partial charge in [0.2, 0.25) is 0 Å². The van der Waals surface area contributed by atoms with Crippen molar-refractivity contribution in [3.63, 3.8) is 0 Å². The van der Waals surface area contributed by atoms with Gasteiger partial charge in [-0.05, 0) is 90.3 Å². The van der Waals surface area contributed by atoms with Crippen molar-refractivity contribution < 1.29 is 32.5 Å². The summed E-state index contributed by atoms with van der Waals surface area (Å²) in [6.07, 6.45) is -3.06. The van der Waals surface area contributed by atoms with Crippen molar-refractivity contribution in [1.82, 2.24) is 0 Å². The van der Waals surface area contributed by atoms with E-state index in [0.29, 0.717) is 36.3 Å². The van der Waals surface area contributed by atoms with Gasteiger partial charge >= 0.3 is 12.1 Å². The van der Waals surface area contributed by atoms with Crippen LogP contribution in [0.15, 0.2) is 60.7 Å². The van der Waals surface area contributed by atoms with Crippen LogP contribution < -0.4 is 4.74 Å². The molecular weight excluding hydrogens is 457 g/mol. The second kappa shape index (κ2) is 8.95. The summed E-state index contributed by atoms with van der Waals surface area (Å²) in [6.45, 7) is 2.16. The van der Waals surface area contributed by atoms with Crippen LogP contribution in [0.2, 0.25) is 0 Å². The highest BCUT2D eigenvalue weighted by Crippen LogP contribution is 2.49. The molecule has 1 saturated carbocycles. The van der Waals surface area contributed by atoms with Crippen molar-refractivity contribution in [1.29, 1.82) is 0 Å². The standard InChI is InChI=1S/C28H25F3O4/c1-2-34-27(33)23-15-22(23)16-5-9-19(10-6-16)35-25-14-12-21-20(25)11-13-24(28(29,30)31)26(21)17-3-7-18(32)8-4-17/h3-11,13,22-23,25,32H,2,12,14-15H2,1H3. The van der Waals surface area contributed by atoms with E-state index < -0.39 is 11.7 Å². The van der Waals surface area contributed by atoms with Gasteiger partial charge in [-0.2, -0.15) is 13.2 Å². The molecule has 0 bridgehead atoms. The summed E-state index contributed by atoms with van der Waals surface area (Å²) in [5.74, 6) is 0.530. The number of hydrogen-bond acceptors (Lipinski definition) is 4. The van der Waals surface area contributed by atoms with Crippen LogP contribution >= 0.6 is 0 Å². The summed E-state index contributed by atoms with van der Waals surface area (Å²) >= 11 is 0. The topological polar surface area (TPSA) is 55.8 Å². The highest BCUT2D eigenvalue weighted by atomic mass is 19.4. The Labute approximate surface area is 201 Å². The first kappa shape index (κ1) is 23.3. The highest BCUT2D eigenvalue weighted by Gasteiger charge is 2.45. The fraction of sp³-hybridized carbons (Fsp3) is 0.321. The third kappa shape index (κ3) is 4.59. The van der Waals surface area contributed by atoms with Gasteiger partial charge in [0.25, 0.3) is 0 Å². The summed E-state index contributed by atoms with van der Waals surface area (Å²) < 4.78 is 52.8. The lowest BCUT2D eigenvalue weighted by molar-refractivity contribution is -0.144. The lowest BCUT2D eigenvalue weighted by Gasteiger charge is -2.19. The summed E-state index contributed by atoms with van der Waals surface area (Å²) in [5, 5.41) is 9.59. The molecule has 4 nitrogen and oxygen atoms in total. The summed E-state index contributed by atoms with van der Waals surface area (Å²) in [7, 11) is 0. The van der Waals surface area contributed by atoms with Crippen LogP contribution in [-0.4, -0.2) is 17.7 Å². The van der Waals surface area contributed by atoms with E-state index in [-0.39, 0.29) is 35.2 Å². The number of phenolic OH excluding ortho intramolecular Hbond substituents is 1. The summed E-state index contributed by atoms with van der Waals surface area (Å²) in [4.78, 5) is 11.9. The average molecular weight is 482 g/mol. The maximum Gasteiger partial charge on any atom is 0.417 e. The van der Waals surface area contributed by atoms with Crippen molar-refractivity contribution in [2.24, 2.45) is 5.92 Å². The lowest BCUT2D eigenvalue weighted by atomic mass is 9.91. The van der Waals surface area contributed by atoms with Gasteiger partial charge in [-0.3, -0.25) is 4.79 Å². The van der Waals surface area contributed by atoms with E-state index in [0.717, 1.165) is 23.6 Å². The van der Waals surface area contributed by atoms with Gasteiger partial charge in [-0.1, -0.05) is 30.3 Å². The van der Waals surface area contributed by atoms with E-state index in [1.165, 1.54) is 30.3 Å². The van der Waals surface area contributed by atoms with E-state index in [4.69, 9.17) is 9.47 Å². The molecule has 35 heavy (non-hydrogen) atoms. The zero-order chi connectivity index (χ0) is 24.7. The number of aromatic hydroxyl groups is 1. The van der Waals surface area contributed by atoms with Gasteiger partial charge in [-0.25, -0.2) is 0 Å². The zero-order valence-corrected chi connectivity index (χ0v) is 19.1. The SMILES string of the molecule is CCOC(=O)C1CC1c1ccc(OC2CCc3c2ccc(C(F)(F)F)c3-c2ccc(O)cc2)cc1. The number of ether oxygens (including phenoxy) is 2. The Morgan fingerprint density at radius 3 is 2.40 bits per heavy atom. The minimum atomic E-state index is -4.50. The van der Waals surface area contributed by atoms with Crippen molar-refractivity contribution in [2.75, 3.05) is 6.61 Å². The van der Waals surface area contributed by atoms with Crippen molar-refractivity contribution in [3.05, 3.63) is 82.9 Å². The second-order valence-corrected chi connectivity index (χ2v) is 9.02. The Balaban J connectivity index is 1.38. The largest absolute Gasteiger partial charge is 0.508 e. The predicted octanol–water partition coefficient (Wildman–Crippen LogP) is 6.81. The van der Waals surface area contributed by atoms with Gasteiger partial charge in [0.05, 0.1) is 18.1 Å². The fourth-order valence-corrected chi connectivity index (χ4v) is 5.01. The number of rotatable bonds is 6. The molecule has 3 atom stereocenters. The summed E-state index contributed by atoms with van der Waals surface area (Å²) in [5.41, 5.74) is 2.30. The molecule has 3 aromatic rings. The molecule has 2 aliphatic rings. The van der Waals surface area contributed by atoms with Crippen molar-refractivity contribution >= 4 is 5.97 Å². The number of carbonyl (C=O) groups excluding carboxylic acids is 1. The van der Waals surface area contributed by atoms with Crippen LogP contribution in [0.25, 0.3) is 11.1 Å². The molecule has 7 heteroatoms. The van der Waals surface area contributed by atoms with E-state index >= 15 is 0 Å². The van der Waals surface area contributed by atoms with Crippen LogP contribution in [-0.2, 0) is 22.1 Å². The first-order valence-corrected chi connectivity index (χ1v) is 11.7. The monoisotopic (exact) mass is 482 g/mol. The first-order chi connectivity index (χ1) is 16.8. The summed E-state index contributed by atoms with van der Waals surface area (Å²) in [6, 6.07) is 16.0. The van der Waals surface area contributed by atoms with Crippen LogP contribution in [0, 0.1) is 5.92 Å². The average Bonchev–Trinajstić information content (AvgIpc) is 3.54. The normalized spacial score (nSPS) is 20.9. The molecule has 1 N–H and O–H groups in total. The molecule has 0 aromatic heterocycles. The Hall–Kier alpha value is -3.48. The third-order valence-corrected chi connectivity index (χ3v) is 6.78. The molecule has 0 aliphatic heterocycles. The number of carbonyl (C=O) groups is 1. The lowest BCUT2D eigenvalue weighted by Crippen LogP contribution is -2.10. The number of hydrogen-bond donors (Lipinski definition) is 1. The van der Waals surface area contributed by atoms with Gasteiger partial charge in [-0.15, -0.1) is 0 Å². The minimum absolute atomic E-state index is 0.000633. The van der Waals surface area contributed by atoms with Crippen LogP contribution in [0.3, 0.4) is 0 Å². The quantitative estimate of drug-likeness (QED) is 0.392. The predicted molar refractivity (Wildman–Crippen MR) is 124 cm³/mol. The Kier molecular flexibility index (Phi) is 5.95. The molecule has 0 spiro atoms. The smallest absolute Gasteiger partial charge is 0.417 e. The molecule has 3 aromatic carbocycles. The van der Waals surface area contributed by atoms with Gasteiger partial charge in [0.15, 0.2) is 0 Å². The third-order valence-electron chi connectivity index (χ3n) is 6.78. The Bertz CT molecular complexity index is 1230. The Morgan fingerprint density at radius 2 is 1.74 bits per heavy atom. The van der Waals surface area contributed by atoms with Gasteiger partial charge < -0.3 is 14.6 Å². The Morgan fingerprint density at radius 1 is 1.03 bits per heavy atom.